The molecule has 3 nitrogen and oxygen atoms in total. The first kappa shape index (κ1) is 13.0. The summed E-state index contributed by atoms with van der Waals surface area (Å²) in [5.74, 6) is -2.46. The summed E-state index contributed by atoms with van der Waals surface area (Å²) in [4.78, 5) is 10.3. The number of hydrogen-bond donors (Lipinski definition) is 2. The summed E-state index contributed by atoms with van der Waals surface area (Å²) in [5.41, 5.74) is -0.884. The van der Waals surface area contributed by atoms with Crippen LogP contribution in [-0.2, 0) is 0 Å². The molecule has 6 heteroatoms. The number of benzene rings is 1. The summed E-state index contributed by atoms with van der Waals surface area (Å²) in [6.07, 6.45) is -2.79. The highest BCUT2D eigenvalue weighted by Gasteiger charge is 2.20. The summed E-state index contributed by atoms with van der Waals surface area (Å²) in [5, 5.41) is 18.6. The summed E-state index contributed by atoms with van der Waals surface area (Å²) < 4.78 is 26.3. The van der Waals surface area contributed by atoms with Gasteiger partial charge in [0.25, 0.3) is 0 Å². The second-order valence-electron chi connectivity index (χ2n) is 3.18. The number of halogens is 3. The van der Waals surface area contributed by atoms with Crippen molar-refractivity contribution in [2.45, 2.75) is 12.2 Å². The average molecular weight is 251 g/mol. The lowest BCUT2D eigenvalue weighted by Gasteiger charge is -2.16. The Kier molecular flexibility index (Phi) is 4.35. The van der Waals surface area contributed by atoms with Crippen LogP contribution in [0.15, 0.2) is 12.1 Å². The normalized spacial score (nSPS) is 14.6. The maximum atomic E-state index is 13.1. The first-order valence-electron chi connectivity index (χ1n) is 4.37. The third-order valence-corrected chi connectivity index (χ3v) is 2.40. The fraction of sp³-hybridized carbons (Fsp3) is 0.300. The van der Waals surface area contributed by atoms with E-state index in [1.807, 2.05) is 0 Å². The van der Waals surface area contributed by atoms with Crippen LogP contribution in [0.1, 0.15) is 22.0 Å². The van der Waals surface area contributed by atoms with Crippen molar-refractivity contribution in [3.63, 3.8) is 0 Å². The van der Waals surface area contributed by atoms with E-state index in [0.717, 1.165) is 12.1 Å². The number of carbonyl (C=O) groups is 1. The quantitative estimate of drug-likeness (QED) is 0.628. The fourth-order valence-corrected chi connectivity index (χ4v) is 1.36. The molecule has 88 valence electrons. The zero-order valence-corrected chi connectivity index (χ0v) is 8.79. The lowest BCUT2D eigenvalue weighted by Crippen LogP contribution is -2.20. The van der Waals surface area contributed by atoms with Crippen LogP contribution in [0.3, 0.4) is 0 Å². The average Bonchev–Trinajstić information content (AvgIpc) is 2.26. The molecule has 0 bridgehead atoms. The molecular weight excluding hydrogens is 242 g/mol. The van der Waals surface area contributed by atoms with E-state index in [1.165, 1.54) is 0 Å². The number of aldehydes is 1. The molecule has 0 saturated carbocycles. The zero-order chi connectivity index (χ0) is 12.3. The Morgan fingerprint density at radius 1 is 1.31 bits per heavy atom. The smallest absolute Gasteiger partial charge is 0.155 e. The number of carbonyl (C=O) groups excluding carboxylic acids is 1. The molecule has 0 saturated heterocycles. The highest BCUT2D eigenvalue weighted by Crippen LogP contribution is 2.22. The van der Waals surface area contributed by atoms with E-state index in [0.29, 0.717) is 0 Å². The molecule has 16 heavy (non-hydrogen) atoms. The van der Waals surface area contributed by atoms with Crippen LogP contribution in [0.5, 0.6) is 0 Å². The minimum absolute atomic E-state index is 0.0405. The molecule has 1 aromatic carbocycles. The van der Waals surface area contributed by atoms with Crippen LogP contribution < -0.4 is 0 Å². The molecule has 0 fully saturated rings. The summed E-state index contributed by atoms with van der Waals surface area (Å²) in [7, 11) is 0. The predicted octanol–water partition coefficient (Wildman–Crippen LogP) is 1.41. The number of rotatable bonds is 4. The van der Waals surface area contributed by atoms with Gasteiger partial charge in [-0.1, -0.05) is 0 Å². The third-order valence-electron chi connectivity index (χ3n) is 2.08. The van der Waals surface area contributed by atoms with E-state index in [-0.39, 0.29) is 17.7 Å². The van der Waals surface area contributed by atoms with Crippen molar-refractivity contribution in [2.24, 2.45) is 0 Å². The lowest BCUT2D eigenvalue weighted by atomic mass is 10.0. The predicted molar refractivity (Wildman–Crippen MR) is 53.4 cm³/mol. The zero-order valence-electron chi connectivity index (χ0n) is 8.03. The molecule has 0 aromatic heterocycles. The molecule has 0 aliphatic rings. The number of aliphatic hydroxyl groups excluding tert-OH is 2. The summed E-state index contributed by atoms with van der Waals surface area (Å²) in [6.45, 7) is 0. The third kappa shape index (κ3) is 2.55. The van der Waals surface area contributed by atoms with Crippen molar-refractivity contribution in [2.75, 3.05) is 5.88 Å². The molecule has 0 amide bonds. The first-order valence-corrected chi connectivity index (χ1v) is 4.91. The van der Waals surface area contributed by atoms with Crippen molar-refractivity contribution in [3.8, 4) is 0 Å². The van der Waals surface area contributed by atoms with Gasteiger partial charge in [0.05, 0.1) is 17.5 Å². The molecule has 0 heterocycles. The van der Waals surface area contributed by atoms with Gasteiger partial charge < -0.3 is 10.2 Å². The Labute approximate surface area is 95.3 Å². The molecule has 1 aromatic rings. The monoisotopic (exact) mass is 250 g/mol. The van der Waals surface area contributed by atoms with Crippen molar-refractivity contribution in [3.05, 3.63) is 34.9 Å². The summed E-state index contributed by atoms with van der Waals surface area (Å²) >= 11 is 5.28. The standard InChI is InChI=1S/C10H9ClF2O3/c11-3-9(15)10(16)5-1-7(12)6(4-14)8(13)2-5/h1-2,4,9-10,15-16H,3H2. The minimum atomic E-state index is -1.50. The van der Waals surface area contributed by atoms with Crippen LogP contribution >= 0.6 is 11.6 Å². The van der Waals surface area contributed by atoms with Gasteiger partial charge in [-0.15, -0.1) is 11.6 Å². The molecule has 2 unspecified atom stereocenters. The van der Waals surface area contributed by atoms with Crippen molar-refractivity contribution >= 4 is 17.9 Å². The van der Waals surface area contributed by atoms with Crippen LogP contribution in [0.4, 0.5) is 8.78 Å². The Morgan fingerprint density at radius 3 is 2.19 bits per heavy atom. The van der Waals surface area contributed by atoms with E-state index in [4.69, 9.17) is 11.6 Å². The maximum absolute atomic E-state index is 13.1. The van der Waals surface area contributed by atoms with Gasteiger partial charge in [-0.2, -0.15) is 0 Å². The van der Waals surface area contributed by atoms with Gasteiger partial charge >= 0.3 is 0 Å². The second kappa shape index (κ2) is 5.34. The maximum Gasteiger partial charge on any atom is 0.155 e. The Balaban J connectivity index is 3.13. The Hall–Kier alpha value is -1.04. The second-order valence-corrected chi connectivity index (χ2v) is 3.49. The summed E-state index contributed by atoms with van der Waals surface area (Å²) in [6, 6.07) is 1.57. The van der Waals surface area contributed by atoms with Gasteiger partial charge in [-0.05, 0) is 17.7 Å². The van der Waals surface area contributed by atoms with Crippen LogP contribution in [0.25, 0.3) is 0 Å². The number of alkyl halides is 1. The van der Waals surface area contributed by atoms with E-state index in [9.17, 15) is 23.8 Å². The van der Waals surface area contributed by atoms with E-state index in [1.54, 1.807) is 0 Å². The Morgan fingerprint density at radius 2 is 1.81 bits per heavy atom. The van der Waals surface area contributed by atoms with Gasteiger partial charge in [0.1, 0.15) is 17.7 Å². The molecule has 0 radical (unpaired) electrons. The highest BCUT2D eigenvalue weighted by atomic mass is 35.5. The van der Waals surface area contributed by atoms with E-state index in [2.05, 4.69) is 0 Å². The van der Waals surface area contributed by atoms with Crippen molar-refractivity contribution in [1.82, 2.24) is 0 Å². The topological polar surface area (TPSA) is 57.5 Å². The lowest BCUT2D eigenvalue weighted by molar-refractivity contribution is 0.0323. The molecular formula is C10H9ClF2O3. The van der Waals surface area contributed by atoms with Crippen molar-refractivity contribution in [1.29, 1.82) is 0 Å². The number of hydrogen-bond acceptors (Lipinski definition) is 3. The molecule has 1 rings (SSSR count). The molecule has 2 N–H and O–H groups in total. The SMILES string of the molecule is O=Cc1c(F)cc(C(O)C(O)CCl)cc1F. The van der Waals surface area contributed by atoms with Crippen LogP contribution in [0.2, 0.25) is 0 Å². The molecule has 0 aliphatic carbocycles. The van der Waals surface area contributed by atoms with Crippen LogP contribution in [0, 0.1) is 11.6 Å². The molecule has 0 spiro atoms. The van der Waals surface area contributed by atoms with Crippen molar-refractivity contribution < 1.29 is 23.8 Å². The van der Waals surface area contributed by atoms with Gasteiger partial charge in [0.2, 0.25) is 0 Å². The van der Waals surface area contributed by atoms with Crippen LogP contribution in [-0.4, -0.2) is 28.5 Å². The number of aliphatic hydroxyl groups is 2. The minimum Gasteiger partial charge on any atom is -0.389 e. The van der Waals surface area contributed by atoms with Gasteiger partial charge in [0.15, 0.2) is 6.29 Å². The van der Waals surface area contributed by atoms with Gasteiger partial charge in [-0.25, -0.2) is 8.78 Å². The first-order chi connectivity index (χ1) is 7.51. The Bertz CT molecular complexity index is 375. The largest absolute Gasteiger partial charge is 0.389 e. The van der Waals surface area contributed by atoms with E-state index >= 15 is 0 Å². The fourth-order valence-electron chi connectivity index (χ4n) is 1.19. The molecule has 0 aliphatic heterocycles. The highest BCUT2D eigenvalue weighted by molar-refractivity contribution is 6.18. The molecule has 2 atom stereocenters. The van der Waals surface area contributed by atoms with Gasteiger partial charge in [0, 0.05) is 0 Å². The van der Waals surface area contributed by atoms with Gasteiger partial charge in [-0.3, -0.25) is 4.79 Å². The van der Waals surface area contributed by atoms with E-state index < -0.39 is 29.4 Å².